The Bertz CT molecular complexity index is 708. The zero-order chi connectivity index (χ0) is 14.2. The van der Waals surface area contributed by atoms with E-state index in [2.05, 4.69) is 27.6 Å². The molecule has 5 nitrogen and oxygen atoms in total. The highest BCUT2D eigenvalue weighted by molar-refractivity contribution is 14.1. The molecule has 6 heteroatoms. The second kappa shape index (κ2) is 5.30. The standard InChI is InChI=1S/C13H12INO4/c1-6(5-16)7-3-11-8(2-10(7)14)12(17)9(4-15-11)13(18)19/h2-4,6,16H,5H2,1H3,(H,15,17)(H,18,19). The summed E-state index contributed by atoms with van der Waals surface area (Å²) in [7, 11) is 0. The van der Waals surface area contributed by atoms with Gasteiger partial charge in [0.05, 0.1) is 0 Å². The topological polar surface area (TPSA) is 90.4 Å². The van der Waals surface area contributed by atoms with Crippen LogP contribution in [0, 0.1) is 3.57 Å². The molecule has 1 heterocycles. The molecule has 0 aliphatic rings. The molecule has 0 bridgehead atoms. The van der Waals surface area contributed by atoms with Gasteiger partial charge < -0.3 is 15.2 Å². The third kappa shape index (κ3) is 2.50. The van der Waals surface area contributed by atoms with E-state index in [0.717, 1.165) is 9.13 Å². The summed E-state index contributed by atoms with van der Waals surface area (Å²) < 4.78 is 0.833. The van der Waals surface area contributed by atoms with Crippen molar-refractivity contribution < 1.29 is 15.0 Å². The highest BCUT2D eigenvalue weighted by Crippen LogP contribution is 2.25. The second-order valence-corrected chi connectivity index (χ2v) is 5.50. The molecule has 1 aromatic heterocycles. The van der Waals surface area contributed by atoms with Crippen LogP contribution in [-0.2, 0) is 0 Å². The largest absolute Gasteiger partial charge is 0.477 e. The Balaban J connectivity index is 2.75. The van der Waals surface area contributed by atoms with Crippen molar-refractivity contribution in [2.75, 3.05) is 6.61 Å². The summed E-state index contributed by atoms with van der Waals surface area (Å²) in [5.41, 5.74) is 0.730. The third-order valence-electron chi connectivity index (χ3n) is 3.03. The van der Waals surface area contributed by atoms with Crippen LogP contribution in [0.1, 0.15) is 28.8 Å². The number of hydrogen-bond acceptors (Lipinski definition) is 3. The van der Waals surface area contributed by atoms with E-state index in [4.69, 9.17) is 5.11 Å². The van der Waals surface area contributed by atoms with Crippen molar-refractivity contribution >= 4 is 39.5 Å². The average molecular weight is 373 g/mol. The van der Waals surface area contributed by atoms with Gasteiger partial charge in [-0.2, -0.15) is 0 Å². The molecule has 2 rings (SSSR count). The van der Waals surface area contributed by atoms with E-state index in [1.807, 2.05) is 6.92 Å². The molecule has 0 aliphatic heterocycles. The van der Waals surface area contributed by atoms with Crippen LogP contribution in [0.4, 0.5) is 0 Å². The number of benzene rings is 1. The van der Waals surface area contributed by atoms with Crippen molar-refractivity contribution in [2.45, 2.75) is 12.8 Å². The van der Waals surface area contributed by atoms with E-state index in [1.54, 1.807) is 12.1 Å². The Hall–Kier alpha value is -1.41. The number of aromatic amines is 1. The number of halogens is 1. The predicted octanol–water partition coefficient (Wildman–Crippen LogP) is 1.93. The highest BCUT2D eigenvalue weighted by atomic mass is 127. The first-order valence-electron chi connectivity index (χ1n) is 5.64. The van der Waals surface area contributed by atoms with Crippen LogP contribution in [0.15, 0.2) is 23.1 Å². The van der Waals surface area contributed by atoms with Gasteiger partial charge in [0.25, 0.3) is 0 Å². The average Bonchev–Trinajstić information content (AvgIpc) is 2.38. The Kier molecular flexibility index (Phi) is 3.91. The number of pyridine rings is 1. The number of aliphatic hydroxyl groups excluding tert-OH is 1. The molecule has 19 heavy (non-hydrogen) atoms. The molecular weight excluding hydrogens is 361 g/mol. The minimum absolute atomic E-state index is 0.0128. The van der Waals surface area contributed by atoms with E-state index in [1.165, 1.54) is 6.20 Å². The molecule has 2 aromatic rings. The summed E-state index contributed by atoms with van der Waals surface area (Å²) >= 11 is 2.08. The van der Waals surface area contributed by atoms with Gasteiger partial charge in [-0.1, -0.05) is 6.92 Å². The van der Waals surface area contributed by atoms with Crippen molar-refractivity contribution in [2.24, 2.45) is 0 Å². The molecule has 0 spiro atoms. The van der Waals surface area contributed by atoms with Crippen LogP contribution in [-0.4, -0.2) is 27.8 Å². The fourth-order valence-corrected chi connectivity index (χ4v) is 2.89. The molecule has 3 N–H and O–H groups in total. The van der Waals surface area contributed by atoms with Crippen LogP contribution in [0.2, 0.25) is 0 Å². The van der Waals surface area contributed by atoms with Gasteiger partial charge in [0, 0.05) is 33.2 Å². The SMILES string of the molecule is CC(CO)c1cc2[nH]cc(C(=O)O)c(=O)c2cc1I. The first-order chi connectivity index (χ1) is 8.95. The van der Waals surface area contributed by atoms with E-state index < -0.39 is 11.4 Å². The Morgan fingerprint density at radius 1 is 1.47 bits per heavy atom. The van der Waals surface area contributed by atoms with Crippen LogP contribution < -0.4 is 5.43 Å². The first-order valence-corrected chi connectivity index (χ1v) is 6.72. The maximum Gasteiger partial charge on any atom is 0.341 e. The van der Waals surface area contributed by atoms with Crippen molar-refractivity contribution in [3.8, 4) is 0 Å². The fourth-order valence-electron chi connectivity index (χ4n) is 1.89. The van der Waals surface area contributed by atoms with Gasteiger partial charge in [-0.25, -0.2) is 4.79 Å². The molecule has 1 atom stereocenters. The number of carbonyl (C=O) groups is 1. The van der Waals surface area contributed by atoms with E-state index in [-0.39, 0.29) is 18.1 Å². The minimum Gasteiger partial charge on any atom is -0.477 e. The quantitative estimate of drug-likeness (QED) is 0.718. The summed E-state index contributed by atoms with van der Waals surface area (Å²) in [6.07, 6.45) is 1.20. The number of aromatic nitrogens is 1. The summed E-state index contributed by atoms with van der Waals surface area (Å²) in [6, 6.07) is 3.44. The highest BCUT2D eigenvalue weighted by Gasteiger charge is 2.15. The number of nitrogens with one attached hydrogen (secondary N) is 1. The molecule has 0 radical (unpaired) electrons. The van der Waals surface area contributed by atoms with E-state index in [9.17, 15) is 14.7 Å². The molecular formula is C13H12INO4. The molecule has 1 unspecified atom stereocenters. The van der Waals surface area contributed by atoms with Crippen molar-refractivity contribution in [3.05, 3.63) is 43.2 Å². The number of hydrogen-bond donors (Lipinski definition) is 3. The lowest BCUT2D eigenvalue weighted by molar-refractivity contribution is 0.0695. The van der Waals surface area contributed by atoms with Gasteiger partial charge in [0.1, 0.15) is 5.56 Å². The number of H-pyrrole nitrogens is 1. The normalized spacial score (nSPS) is 12.6. The van der Waals surface area contributed by atoms with Crippen LogP contribution in [0.5, 0.6) is 0 Å². The number of aliphatic hydroxyl groups is 1. The lowest BCUT2D eigenvalue weighted by atomic mass is 10.00. The van der Waals surface area contributed by atoms with Gasteiger partial charge >= 0.3 is 5.97 Å². The monoisotopic (exact) mass is 373 g/mol. The van der Waals surface area contributed by atoms with Crippen LogP contribution in [0.25, 0.3) is 10.9 Å². The van der Waals surface area contributed by atoms with Crippen molar-refractivity contribution in [1.82, 2.24) is 4.98 Å². The summed E-state index contributed by atoms with van der Waals surface area (Å²) in [5.74, 6) is -1.29. The van der Waals surface area contributed by atoms with E-state index in [0.29, 0.717) is 10.9 Å². The molecule has 100 valence electrons. The number of carboxylic acid groups (broad SMARTS) is 1. The second-order valence-electron chi connectivity index (χ2n) is 4.34. The summed E-state index contributed by atoms with van der Waals surface area (Å²) in [6.45, 7) is 1.89. The number of carboxylic acids is 1. The summed E-state index contributed by atoms with van der Waals surface area (Å²) in [5, 5.41) is 18.5. The van der Waals surface area contributed by atoms with Crippen LogP contribution >= 0.6 is 22.6 Å². The first kappa shape index (κ1) is 14.0. The third-order valence-corrected chi connectivity index (χ3v) is 3.97. The number of rotatable bonds is 3. The molecule has 0 amide bonds. The van der Waals surface area contributed by atoms with Crippen molar-refractivity contribution in [1.29, 1.82) is 0 Å². The van der Waals surface area contributed by atoms with Gasteiger partial charge in [-0.15, -0.1) is 0 Å². The predicted molar refractivity (Wildman–Crippen MR) is 79.7 cm³/mol. The lowest BCUT2D eigenvalue weighted by Crippen LogP contribution is -2.16. The molecule has 0 saturated carbocycles. The van der Waals surface area contributed by atoms with Gasteiger partial charge in [0.2, 0.25) is 5.43 Å². The fraction of sp³-hybridized carbons (Fsp3) is 0.231. The molecule has 1 aromatic carbocycles. The Labute approximate surface area is 122 Å². The maximum atomic E-state index is 12.0. The Morgan fingerprint density at radius 3 is 2.74 bits per heavy atom. The molecule has 0 saturated heterocycles. The summed E-state index contributed by atoms with van der Waals surface area (Å²) in [4.78, 5) is 25.8. The maximum absolute atomic E-state index is 12.0. The van der Waals surface area contributed by atoms with Crippen LogP contribution in [0.3, 0.4) is 0 Å². The lowest BCUT2D eigenvalue weighted by Gasteiger charge is -2.12. The van der Waals surface area contributed by atoms with Gasteiger partial charge in [-0.3, -0.25) is 4.79 Å². The van der Waals surface area contributed by atoms with Gasteiger partial charge in [0.15, 0.2) is 0 Å². The number of fused-ring (bicyclic) bond motifs is 1. The van der Waals surface area contributed by atoms with E-state index >= 15 is 0 Å². The zero-order valence-electron chi connectivity index (χ0n) is 10.1. The molecule has 0 fully saturated rings. The molecule has 0 aliphatic carbocycles. The number of aromatic carboxylic acids is 1. The zero-order valence-corrected chi connectivity index (χ0v) is 12.3. The Morgan fingerprint density at radius 2 is 2.16 bits per heavy atom. The van der Waals surface area contributed by atoms with Crippen molar-refractivity contribution in [3.63, 3.8) is 0 Å². The van der Waals surface area contributed by atoms with Gasteiger partial charge in [-0.05, 0) is 40.3 Å². The minimum atomic E-state index is -1.24. The smallest absolute Gasteiger partial charge is 0.341 e.